The fraction of sp³-hybridized carbons (Fsp3) is 0.714. The van der Waals surface area contributed by atoms with Crippen molar-refractivity contribution in [3.05, 3.63) is 15.9 Å². The molecule has 0 aromatic carbocycles. The van der Waals surface area contributed by atoms with Crippen LogP contribution in [0.2, 0.25) is 0 Å². The normalized spacial score (nSPS) is 11.6. The Labute approximate surface area is 125 Å². The number of aromatic nitrogens is 2. The minimum absolute atomic E-state index is 0.0320. The average Bonchev–Trinajstić information content (AvgIpc) is 2.34. The Morgan fingerprint density at radius 1 is 1.33 bits per heavy atom. The highest BCUT2D eigenvalue weighted by molar-refractivity contribution is 5.62. The Morgan fingerprint density at radius 2 is 1.95 bits per heavy atom. The highest BCUT2D eigenvalue weighted by Crippen LogP contribution is 2.34. The van der Waals surface area contributed by atoms with Crippen molar-refractivity contribution in [1.82, 2.24) is 9.97 Å². The molecule has 1 N–H and O–H groups in total. The standard InChI is InChI=1S/C14H24N4O3/c1-7-15-11-10(18(19)20)12(21-8-9(2)3)17-13(16-11)14(4,5)6/h9H,7-8H2,1-6H3,(H,15,16,17). The minimum atomic E-state index is -0.500. The summed E-state index contributed by atoms with van der Waals surface area (Å²) >= 11 is 0. The molecule has 0 saturated carbocycles. The maximum atomic E-state index is 11.3. The number of ether oxygens (including phenoxy) is 1. The lowest BCUT2D eigenvalue weighted by Gasteiger charge is -2.19. The van der Waals surface area contributed by atoms with E-state index in [-0.39, 0.29) is 28.7 Å². The molecule has 1 heterocycles. The second-order valence-electron chi connectivity index (χ2n) is 6.29. The van der Waals surface area contributed by atoms with E-state index in [1.54, 1.807) is 0 Å². The molecule has 1 aromatic heterocycles. The number of rotatable bonds is 6. The van der Waals surface area contributed by atoms with Gasteiger partial charge in [0, 0.05) is 12.0 Å². The van der Waals surface area contributed by atoms with Gasteiger partial charge < -0.3 is 10.1 Å². The molecule has 1 aromatic rings. The van der Waals surface area contributed by atoms with Gasteiger partial charge in [0.15, 0.2) is 0 Å². The van der Waals surface area contributed by atoms with Crippen LogP contribution in [-0.2, 0) is 5.41 Å². The summed E-state index contributed by atoms with van der Waals surface area (Å²) in [6, 6.07) is 0. The first-order valence-electron chi connectivity index (χ1n) is 7.10. The molecule has 0 aliphatic carbocycles. The Kier molecular flexibility index (Phi) is 5.46. The lowest BCUT2D eigenvalue weighted by atomic mass is 9.96. The van der Waals surface area contributed by atoms with Crippen LogP contribution in [0.5, 0.6) is 5.88 Å². The van der Waals surface area contributed by atoms with Crippen LogP contribution in [0.4, 0.5) is 11.5 Å². The highest BCUT2D eigenvalue weighted by atomic mass is 16.6. The van der Waals surface area contributed by atoms with Crippen LogP contribution < -0.4 is 10.1 Å². The van der Waals surface area contributed by atoms with Crippen LogP contribution >= 0.6 is 0 Å². The molecule has 0 saturated heterocycles. The van der Waals surface area contributed by atoms with Crippen molar-refractivity contribution in [1.29, 1.82) is 0 Å². The maximum absolute atomic E-state index is 11.3. The Bertz CT molecular complexity index is 510. The Balaban J connectivity index is 3.40. The number of hydrogen-bond donors (Lipinski definition) is 1. The van der Waals surface area contributed by atoms with Gasteiger partial charge in [-0.25, -0.2) is 4.98 Å². The van der Waals surface area contributed by atoms with Crippen LogP contribution in [0, 0.1) is 16.0 Å². The fourth-order valence-electron chi connectivity index (χ4n) is 1.57. The third-order valence-corrected chi connectivity index (χ3v) is 2.60. The van der Waals surface area contributed by atoms with E-state index in [4.69, 9.17) is 4.74 Å². The van der Waals surface area contributed by atoms with Crippen molar-refractivity contribution in [2.75, 3.05) is 18.5 Å². The molecule has 7 nitrogen and oxygen atoms in total. The first-order valence-corrected chi connectivity index (χ1v) is 7.10. The number of nitro groups is 1. The topological polar surface area (TPSA) is 90.2 Å². The lowest BCUT2D eigenvalue weighted by molar-refractivity contribution is -0.385. The molecule has 0 radical (unpaired) electrons. The van der Waals surface area contributed by atoms with Crippen molar-refractivity contribution in [2.45, 2.75) is 47.0 Å². The van der Waals surface area contributed by atoms with Gasteiger partial charge in [-0.3, -0.25) is 10.1 Å². The number of anilines is 1. The van der Waals surface area contributed by atoms with Gasteiger partial charge in [0.25, 0.3) is 5.88 Å². The molecule has 21 heavy (non-hydrogen) atoms. The molecular weight excluding hydrogens is 272 g/mol. The zero-order valence-electron chi connectivity index (χ0n) is 13.6. The molecular formula is C14H24N4O3. The second kappa shape index (κ2) is 6.69. The smallest absolute Gasteiger partial charge is 0.372 e. The van der Waals surface area contributed by atoms with Crippen molar-refractivity contribution in [2.24, 2.45) is 5.92 Å². The zero-order valence-corrected chi connectivity index (χ0v) is 13.6. The van der Waals surface area contributed by atoms with Gasteiger partial charge in [0.2, 0.25) is 5.82 Å². The summed E-state index contributed by atoms with van der Waals surface area (Å²) in [5.41, 5.74) is -0.527. The van der Waals surface area contributed by atoms with E-state index in [1.807, 2.05) is 41.5 Å². The molecule has 0 amide bonds. The second-order valence-corrected chi connectivity index (χ2v) is 6.29. The zero-order chi connectivity index (χ0) is 16.2. The van der Waals surface area contributed by atoms with E-state index in [2.05, 4.69) is 15.3 Å². The molecule has 0 aliphatic heterocycles. The summed E-state index contributed by atoms with van der Waals surface area (Å²) in [5.74, 6) is 1.01. The largest absolute Gasteiger partial charge is 0.472 e. The Hall–Kier alpha value is -1.92. The molecule has 0 spiro atoms. The van der Waals surface area contributed by atoms with E-state index >= 15 is 0 Å². The van der Waals surface area contributed by atoms with Crippen LogP contribution in [-0.4, -0.2) is 28.0 Å². The van der Waals surface area contributed by atoms with Gasteiger partial charge in [0.1, 0.15) is 5.82 Å². The van der Waals surface area contributed by atoms with Crippen molar-refractivity contribution >= 4 is 11.5 Å². The van der Waals surface area contributed by atoms with Gasteiger partial charge in [-0.1, -0.05) is 34.6 Å². The summed E-state index contributed by atoms with van der Waals surface area (Å²) in [4.78, 5) is 19.4. The summed E-state index contributed by atoms with van der Waals surface area (Å²) in [5, 5.41) is 14.3. The first-order chi connectivity index (χ1) is 9.66. The van der Waals surface area contributed by atoms with E-state index in [9.17, 15) is 10.1 Å². The molecule has 0 atom stereocenters. The first kappa shape index (κ1) is 17.1. The predicted octanol–water partition coefficient (Wildman–Crippen LogP) is 3.15. The predicted molar refractivity (Wildman–Crippen MR) is 81.9 cm³/mol. The minimum Gasteiger partial charge on any atom is -0.472 e. The average molecular weight is 296 g/mol. The SMILES string of the molecule is CCNc1nc(C(C)(C)C)nc(OCC(C)C)c1[N+](=O)[O-]. The van der Waals surface area contributed by atoms with Crippen LogP contribution in [0.3, 0.4) is 0 Å². The van der Waals surface area contributed by atoms with Crippen LogP contribution in [0.1, 0.15) is 47.4 Å². The molecule has 0 bridgehead atoms. The van der Waals surface area contributed by atoms with E-state index in [0.29, 0.717) is 19.0 Å². The fourth-order valence-corrected chi connectivity index (χ4v) is 1.57. The van der Waals surface area contributed by atoms with Crippen molar-refractivity contribution < 1.29 is 9.66 Å². The lowest BCUT2D eigenvalue weighted by Crippen LogP contribution is -2.20. The molecule has 0 aliphatic rings. The Morgan fingerprint density at radius 3 is 2.38 bits per heavy atom. The molecule has 0 fully saturated rings. The molecule has 118 valence electrons. The van der Waals surface area contributed by atoms with Gasteiger partial charge in [-0.2, -0.15) is 4.98 Å². The number of nitrogens with zero attached hydrogens (tertiary/aromatic N) is 3. The number of hydrogen-bond acceptors (Lipinski definition) is 6. The summed E-state index contributed by atoms with van der Waals surface area (Å²) < 4.78 is 5.55. The summed E-state index contributed by atoms with van der Waals surface area (Å²) in [6.07, 6.45) is 0. The quantitative estimate of drug-likeness (QED) is 0.640. The van der Waals surface area contributed by atoms with Gasteiger partial charge in [-0.05, 0) is 12.8 Å². The number of nitrogens with one attached hydrogen (secondary N) is 1. The van der Waals surface area contributed by atoms with E-state index < -0.39 is 4.92 Å². The third kappa shape index (κ3) is 4.54. The third-order valence-electron chi connectivity index (χ3n) is 2.60. The van der Waals surface area contributed by atoms with Crippen LogP contribution in [0.25, 0.3) is 0 Å². The van der Waals surface area contributed by atoms with Crippen molar-refractivity contribution in [3.8, 4) is 5.88 Å². The van der Waals surface area contributed by atoms with Crippen LogP contribution in [0.15, 0.2) is 0 Å². The maximum Gasteiger partial charge on any atom is 0.372 e. The van der Waals surface area contributed by atoms with E-state index in [1.165, 1.54) is 0 Å². The van der Waals surface area contributed by atoms with Crippen molar-refractivity contribution in [3.63, 3.8) is 0 Å². The highest BCUT2D eigenvalue weighted by Gasteiger charge is 2.29. The molecule has 7 heteroatoms. The monoisotopic (exact) mass is 296 g/mol. The summed E-state index contributed by atoms with van der Waals surface area (Å²) in [6.45, 7) is 12.6. The van der Waals surface area contributed by atoms with Gasteiger partial charge in [-0.15, -0.1) is 0 Å². The molecule has 0 unspecified atom stereocenters. The summed E-state index contributed by atoms with van der Waals surface area (Å²) in [7, 11) is 0. The van der Waals surface area contributed by atoms with Gasteiger partial charge >= 0.3 is 5.69 Å². The van der Waals surface area contributed by atoms with E-state index in [0.717, 1.165) is 0 Å². The molecule has 1 rings (SSSR count). The van der Waals surface area contributed by atoms with Gasteiger partial charge in [0.05, 0.1) is 11.5 Å².